The molecule has 2 aromatic rings. The summed E-state index contributed by atoms with van der Waals surface area (Å²) < 4.78 is 0. The Kier molecular flexibility index (Phi) is 25.6. The first-order valence-electron chi connectivity index (χ1n) is 10.8. The maximum atomic E-state index is 3.83. The van der Waals surface area contributed by atoms with Crippen LogP contribution in [0.2, 0.25) is 0 Å². The van der Waals surface area contributed by atoms with Gasteiger partial charge in [-0.15, -0.1) is 13.2 Å². The van der Waals surface area contributed by atoms with Crippen molar-refractivity contribution >= 4 is 11.1 Å². The molecule has 0 N–H and O–H groups in total. The molecule has 1 atom stereocenters. The maximum absolute atomic E-state index is 3.83. The fourth-order valence-electron chi connectivity index (χ4n) is 2.14. The van der Waals surface area contributed by atoms with E-state index in [9.17, 15) is 0 Å². The second-order valence-electron chi connectivity index (χ2n) is 6.59. The number of hydrogen-bond acceptors (Lipinski definition) is 0. The minimum atomic E-state index is 0.949. The second-order valence-corrected chi connectivity index (χ2v) is 6.59. The number of rotatable bonds is 5. The summed E-state index contributed by atoms with van der Waals surface area (Å²) in [7, 11) is 0. The van der Waals surface area contributed by atoms with Crippen molar-refractivity contribution in [2.75, 3.05) is 0 Å². The number of allylic oxidation sites excluding steroid dienone is 2. The normalized spacial score (nSPS) is 9.34. The first kappa shape index (κ1) is 31.4. The molecule has 0 spiro atoms. The molecule has 0 aromatic heterocycles. The van der Waals surface area contributed by atoms with Gasteiger partial charge in [0.15, 0.2) is 0 Å². The molecule has 0 bridgehead atoms. The van der Waals surface area contributed by atoms with Crippen molar-refractivity contribution in [3.63, 3.8) is 0 Å². The van der Waals surface area contributed by atoms with Gasteiger partial charge in [-0.25, -0.2) is 0 Å². The standard InChI is InChI=1S/2C9H10.C7H16.C2H6.C2H4/c2*1-8(2)9-6-4-3-5-7-9;1-4-6-7(3)5-2;2*1-2/h2*3-7H,1H2,2H3;7H,4-6H2,1-3H3;1-2H3;1-2H2. The van der Waals surface area contributed by atoms with Gasteiger partial charge in [0, 0.05) is 0 Å². The lowest BCUT2D eigenvalue weighted by Crippen LogP contribution is -1.88. The summed E-state index contributed by atoms with van der Waals surface area (Å²) in [6, 6.07) is 20.3. The van der Waals surface area contributed by atoms with Gasteiger partial charge in [0.2, 0.25) is 0 Å². The highest BCUT2D eigenvalue weighted by atomic mass is 14.0. The topological polar surface area (TPSA) is 0 Å². The van der Waals surface area contributed by atoms with Crippen molar-refractivity contribution in [2.24, 2.45) is 5.92 Å². The van der Waals surface area contributed by atoms with E-state index >= 15 is 0 Å². The molecule has 0 fully saturated rings. The van der Waals surface area contributed by atoms with E-state index in [0.717, 1.165) is 17.1 Å². The molecular weight excluding hydrogens is 348 g/mol. The minimum Gasteiger partial charge on any atom is -0.106 e. The Bertz CT molecular complexity index is 543. The predicted octanol–water partition coefficient (Wildman–Crippen LogP) is 10.1. The monoisotopic (exact) mass is 394 g/mol. The van der Waals surface area contributed by atoms with E-state index in [1.165, 1.54) is 30.4 Å². The van der Waals surface area contributed by atoms with Crippen molar-refractivity contribution in [2.45, 2.75) is 67.7 Å². The summed E-state index contributed by atoms with van der Waals surface area (Å²) >= 11 is 0. The van der Waals surface area contributed by atoms with E-state index in [-0.39, 0.29) is 0 Å². The molecule has 0 saturated carbocycles. The lowest BCUT2D eigenvalue weighted by atomic mass is 10.0. The van der Waals surface area contributed by atoms with Gasteiger partial charge >= 0.3 is 0 Å². The molecule has 162 valence electrons. The van der Waals surface area contributed by atoms with E-state index in [1.54, 1.807) is 0 Å². The van der Waals surface area contributed by atoms with E-state index in [2.05, 4.69) is 71.4 Å². The third kappa shape index (κ3) is 20.2. The van der Waals surface area contributed by atoms with E-state index < -0.39 is 0 Å². The Morgan fingerprint density at radius 2 is 1.03 bits per heavy atom. The van der Waals surface area contributed by atoms with Gasteiger partial charge in [-0.05, 0) is 30.9 Å². The highest BCUT2D eigenvalue weighted by Gasteiger charge is 1.92. The SMILES string of the molecule is C=C.C=C(C)c1ccccc1.C=C(C)c1ccccc1.CC.CCCC(C)CC. The van der Waals surface area contributed by atoms with E-state index in [0.29, 0.717) is 0 Å². The summed E-state index contributed by atoms with van der Waals surface area (Å²) in [4.78, 5) is 0. The Hall–Kier alpha value is -2.34. The first-order valence-corrected chi connectivity index (χ1v) is 10.8. The molecule has 0 aliphatic rings. The number of hydrogen-bond donors (Lipinski definition) is 0. The van der Waals surface area contributed by atoms with Crippen LogP contribution in [0.15, 0.2) is 87.0 Å². The average Bonchev–Trinajstić information content (AvgIpc) is 2.78. The van der Waals surface area contributed by atoms with Crippen LogP contribution in [0, 0.1) is 5.92 Å². The molecule has 0 heterocycles. The molecule has 2 rings (SSSR count). The molecule has 2 aromatic carbocycles. The van der Waals surface area contributed by atoms with Crippen molar-refractivity contribution in [1.82, 2.24) is 0 Å². The van der Waals surface area contributed by atoms with Crippen LogP contribution in [-0.2, 0) is 0 Å². The van der Waals surface area contributed by atoms with Gasteiger partial charge in [0.25, 0.3) is 0 Å². The molecule has 0 aliphatic heterocycles. The summed E-state index contributed by atoms with van der Waals surface area (Å²) in [5, 5.41) is 0. The zero-order chi connectivity index (χ0) is 23.1. The van der Waals surface area contributed by atoms with Crippen LogP contribution in [-0.4, -0.2) is 0 Å². The van der Waals surface area contributed by atoms with Gasteiger partial charge in [0.05, 0.1) is 0 Å². The zero-order valence-electron chi connectivity index (χ0n) is 20.3. The number of benzene rings is 2. The molecule has 29 heavy (non-hydrogen) atoms. The Balaban J connectivity index is -0.000000324. The second kappa shape index (κ2) is 23.7. The Morgan fingerprint density at radius 3 is 1.17 bits per heavy atom. The highest BCUT2D eigenvalue weighted by molar-refractivity contribution is 5.61. The highest BCUT2D eigenvalue weighted by Crippen LogP contribution is 2.09. The van der Waals surface area contributed by atoms with Gasteiger partial charge in [-0.2, -0.15) is 0 Å². The fourth-order valence-corrected chi connectivity index (χ4v) is 2.14. The summed E-state index contributed by atoms with van der Waals surface area (Å²) in [5.41, 5.74) is 4.68. The van der Waals surface area contributed by atoms with Gasteiger partial charge in [0.1, 0.15) is 0 Å². The van der Waals surface area contributed by atoms with Gasteiger partial charge in [-0.1, -0.05) is 139 Å². The molecule has 0 radical (unpaired) electrons. The molecule has 1 unspecified atom stereocenters. The van der Waals surface area contributed by atoms with Crippen molar-refractivity contribution in [1.29, 1.82) is 0 Å². The van der Waals surface area contributed by atoms with Crippen LogP contribution in [0.25, 0.3) is 11.1 Å². The fraction of sp³-hybridized carbons (Fsp3) is 0.379. The van der Waals surface area contributed by atoms with Crippen molar-refractivity contribution in [3.05, 3.63) is 98.1 Å². The molecule has 0 amide bonds. The summed E-state index contributed by atoms with van der Waals surface area (Å²) in [6.45, 7) is 28.5. The Labute approximate surface area is 183 Å². The molecule has 0 saturated heterocycles. The molecular formula is C29H46. The third-order valence-electron chi connectivity index (χ3n) is 4.01. The van der Waals surface area contributed by atoms with Gasteiger partial charge < -0.3 is 0 Å². The van der Waals surface area contributed by atoms with E-state index in [1.807, 2.05) is 64.1 Å². The van der Waals surface area contributed by atoms with Crippen LogP contribution in [0.1, 0.15) is 78.9 Å². The maximum Gasteiger partial charge on any atom is -0.0233 e. The molecule has 0 heteroatoms. The van der Waals surface area contributed by atoms with Crippen molar-refractivity contribution < 1.29 is 0 Å². The molecule has 0 nitrogen and oxygen atoms in total. The summed E-state index contributed by atoms with van der Waals surface area (Å²) in [5.74, 6) is 0.949. The average molecular weight is 395 g/mol. The van der Waals surface area contributed by atoms with Crippen molar-refractivity contribution in [3.8, 4) is 0 Å². The minimum absolute atomic E-state index is 0.949. The lowest BCUT2D eigenvalue weighted by Gasteiger charge is -2.02. The Morgan fingerprint density at radius 1 is 0.724 bits per heavy atom. The van der Waals surface area contributed by atoms with Gasteiger partial charge in [-0.3, -0.25) is 0 Å². The first-order chi connectivity index (χ1) is 13.9. The van der Waals surface area contributed by atoms with E-state index in [4.69, 9.17) is 0 Å². The molecule has 0 aliphatic carbocycles. The lowest BCUT2D eigenvalue weighted by molar-refractivity contribution is 0.509. The predicted molar refractivity (Wildman–Crippen MR) is 139 cm³/mol. The quantitative estimate of drug-likeness (QED) is 0.442. The van der Waals surface area contributed by atoms with Crippen LogP contribution in [0.4, 0.5) is 0 Å². The smallest absolute Gasteiger partial charge is 0.0233 e. The summed E-state index contributed by atoms with van der Waals surface area (Å²) in [6.07, 6.45) is 4.08. The largest absolute Gasteiger partial charge is 0.106 e. The van der Waals surface area contributed by atoms with Crippen LogP contribution in [0.3, 0.4) is 0 Å². The van der Waals surface area contributed by atoms with Crippen LogP contribution in [0.5, 0.6) is 0 Å². The van der Waals surface area contributed by atoms with Crippen LogP contribution >= 0.6 is 0 Å². The van der Waals surface area contributed by atoms with Crippen LogP contribution < -0.4 is 0 Å². The zero-order valence-corrected chi connectivity index (χ0v) is 20.3. The third-order valence-corrected chi connectivity index (χ3v) is 4.01.